The lowest BCUT2D eigenvalue weighted by atomic mass is 10.1. The zero-order chi connectivity index (χ0) is 14.5. The van der Waals surface area contributed by atoms with Crippen LogP contribution in [0.15, 0.2) is 18.2 Å². The second-order valence-corrected chi connectivity index (χ2v) is 4.77. The van der Waals surface area contributed by atoms with E-state index in [1.54, 1.807) is 0 Å². The molecule has 7 heteroatoms. The van der Waals surface area contributed by atoms with Gasteiger partial charge in [-0.25, -0.2) is 0 Å². The molecule has 0 bridgehead atoms. The molecule has 0 unspecified atom stereocenters. The van der Waals surface area contributed by atoms with Crippen LogP contribution in [-0.4, -0.2) is 11.7 Å². The molecule has 19 heavy (non-hydrogen) atoms. The molecular weight excluding hydrogens is 297 g/mol. The van der Waals surface area contributed by atoms with E-state index in [4.69, 9.17) is 23.8 Å². The van der Waals surface area contributed by atoms with Crippen molar-refractivity contribution < 1.29 is 13.2 Å². The molecule has 0 aliphatic carbocycles. The molecular formula is C12H14ClF3N2S. The Morgan fingerprint density at radius 1 is 1.37 bits per heavy atom. The smallest absolute Gasteiger partial charge is 0.362 e. The number of rotatable bonds is 4. The molecule has 0 spiro atoms. The predicted octanol–water partition coefficient (Wildman–Crippen LogP) is 4.45. The lowest BCUT2D eigenvalue weighted by Gasteiger charge is -2.16. The quantitative estimate of drug-likeness (QED) is 0.635. The van der Waals surface area contributed by atoms with Crippen LogP contribution in [-0.2, 0) is 6.18 Å². The predicted molar refractivity (Wildman–Crippen MR) is 75.6 cm³/mol. The third-order valence-corrected chi connectivity index (χ3v) is 2.83. The molecule has 0 heterocycles. The summed E-state index contributed by atoms with van der Waals surface area (Å²) >= 11 is 10.5. The molecule has 106 valence electrons. The van der Waals surface area contributed by atoms with Crippen molar-refractivity contribution >= 4 is 34.6 Å². The van der Waals surface area contributed by atoms with Gasteiger partial charge in [0.25, 0.3) is 0 Å². The number of thiocarbonyl (C=S) groups is 1. The largest absolute Gasteiger partial charge is 0.418 e. The lowest BCUT2D eigenvalue weighted by molar-refractivity contribution is -0.136. The number of hydrogen-bond donors (Lipinski definition) is 2. The van der Waals surface area contributed by atoms with Crippen LogP contribution in [0.25, 0.3) is 0 Å². The summed E-state index contributed by atoms with van der Waals surface area (Å²) in [4.78, 5) is 0. The maximum Gasteiger partial charge on any atom is 0.418 e. The van der Waals surface area contributed by atoms with Gasteiger partial charge < -0.3 is 10.6 Å². The van der Waals surface area contributed by atoms with Crippen molar-refractivity contribution in [3.8, 4) is 0 Å². The Morgan fingerprint density at radius 2 is 2.05 bits per heavy atom. The molecule has 0 aliphatic rings. The van der Waals surface area contributed by atoms with E-state index in [0.717, 1.165) is 18.9 Å². The van der Waals surface area contributed by atoms with Gasteiger partial charge in [-0.3, -0.25) is 0 Å². The van der Waals surface area contributed by atoms with Crippen molar-refractivity contribution in [3.63, 3.8) is 0 Å². The summed E-state index contributed by atoms with van der Waals surface area (Å²) < 4.78 is 38.5. The van der Waals surface area contributed by atoms with E-state index in [1.807, 2.05) is 6.92 Å². The Bertz CT molecular complexity index is 449. The summed E-state index contributed by atoms with van der Waals surface area (Å²) in [5, 5.41) is 5.59. The molecule has 0 saturated heterocycles. The summed E-state index contributed by atoms with van der Waals surface area (Å²) in [7, 11) is 0. The molecule has 0 amide bonds. The highest BCUT2D eigenvalue weighted by Gasteiger charge is 2.33. The normalized spacial score (nSPS) is 11.2. The Hall–Kier alpha value is -1.01. The Balaban J connectivity index is 2.80. The second-order valence-electron chi connectivity index (χ2n) is 3.92. The van der Waals surface area contributed by atoms with Crippen molar-refractivity contribution in [1.29, 1.82) is 0 Å². The molecule has 2 nitrogen and oxygen atoms in total. The van der Waals surface area contributed by atoms with Crippen LogP contribution >= 0.6 is 23.8 Å². The van der Waals surface area contributed by atoms with Gasteiger partial charge in [-0.2, -0.15) is 13.2 Å². The number of nitrogens with one attached hydrogen (secondary N) is 2. The molecule has 0 atom stereocenters. The van der Waals surface area contributed by atoms with E-state index >= 15 is 0 Å². The fraction of sp³-hybridized carbons (Fsp3) is 0.417. The van der Waals surface area contributed by atoms with E-state index < -0.39 is 11.7 Å². The Kier molecular flexibility index (Phi) is 5.87. The summed E-state index contributed by atoms with van der Waals surface area (Å²) in [6.07, 6.45) is -2.61. The Morgan fingerprint density at radius 3 is 2.63 bits per heavy atom. The van der Waals surface area contributed by atoms with Gasteiger partial charge in [-0.1, -0.05) is 24.9 Å². The zero-order valence-electron chi connectivity index (χ0n) is 10.3. The van der Waals surface area contributed by atoms with Gasteiger partial charge in [0, 0.05) is 11.6 Å². The molecule has 0 saturated carbocycles. The number of hydrogen-bond acceptors (Lipinski definition) is 1. The van der Waals surface area contributed by atoms with Crippen molar-refractivity contribution in [2.75, 3.05) is 11.9 Å². The summed E-state index contributed by atoms with van der Waals surface area (Å²) in [6, 6.07) is 3.52. The second kappa shape index (κ2) is 6.96. The van der Waals surface area contributed by atoms with Crippen LogP contribution in [0.3, 0.4) is 0 Å². The van der Waals surface area contributed by atoms with Gasteiger partial charge in [-0.05, 0) is 36.8 Å². The highest BCUT2D eigenvalue weighted by Crippen LogP contribution is 2.36. The van der Waals surface area contributed by atoms with Crippen LogP contribution in [0.5, 0.6) is 0 Å². The van der Waals surface area contributed by atoms with E-state index in [9.17, 15) is 13.2 Å². The first-order valence-electron chi connectivity index (χ1n) is 5.76. The van der Waals surface area contributed by atoms with Crippen LogP contribution in [0.4, 0.5) is 18.9 Å². The number of halogens is 4. The van der Waals surface area contributed by atoms with Crippen molar-refractivity contribution in [3.05, 3.63) is 28.8 Å². The maximum absolute atomic E-state index is 12.8. The molecule has 0 aliphatic heterocycles. The van der Waals surface area contributed by atoms with Gasteiger partial charge in [0.05, 0.1) is 11.3 Å². The Labute approximate surface area is 120 Å². The minimum absolute atomic E-state index is 0.0303. The summed E-state index contributed by atoms with van der Waals surface area (Å²) in [5.74, 6) is 0. The number of unbranched alkanes of at least 4 members (excludes halogenated alkanes) is 1. The molecule has 2 N–H and O–H groups in total. The van der Waals surface area contributed by atoms with Gasteiger partial charge in [0.2, 0.25) is 0 Å². The molecule has 0 aromatic heterocycles. The minimum Gasteiger partial charge on any atom is -0.362 e. The van der Waals surface area contributed by atoms with Gasteiger partial charge in [-0.15, -0.1) is 0 Å². The standard InChI is InChI=1S/C12H14ClF3N2S/c1-2-3-6-17-11(19)18-10-5-4-8(13)7-9(10)12(14,15)16/h4-5,7H,2-3,6H2,1H3,(H2,17,18,19). The third kappa shape index (κ3) is 5.24. The topological polar surface area (TPSA) is 24.1 Å². The van der Waals surface area contributed by atoms with Crippen LogP contribution < -0.4 is 10.6 Å². The first kappa shape index (κ1) is 16.0. The van der Waals surface area contributed by atoms with Crippen molar-refractivity contribution in [2.45, 2.75) is 25.9 Å². The third-order valence-electron chi connectivity index (χ3n) is 2.35. The van der Waals surface area contributed by atoms with E-state index in [2.05, 4.69) is 10.6 Å². The first-order chi connectivity index (χ1) is 8.84. The highest BCUT2D eigenvalue weighted by molar-refractivity contribution is 7.80. The van der Waals surface area contributed by atoms with E-state index in [0.29, 0.717) is 6.54 Å². The molecule has 1 rings (SSSR count). The summed E-state index contributed by atoms with van der Waals surface area (Å²) in [6.45, 7) is 2.64. The van der Waals surface area contributed by atoms with Crippen LogP contribution in [0.1, 0.15) is 25.3 Å². The van der Waals surface area contributed by atoms with Crippen LogP contribution in [0, 0.1) is 0 Å². The van der Waals surface area contributed by atoms with E-state index in [1.165, 1.54) is 12.1 Å². The number of alkyl halides is 3. The monoisotopic (exact) mass is 310 g/mol. The average molecular weight is 311 g/mol. The fourth-order valence-corrected chi connectivity index (χ4v) is 1.79. The molecule has 0 fully saturated rings. The van der Waals surface area contributed by atoms with Gasteiger partial charge >= 0.3 is 6.18 Å². The van der Waals surface area contributed by atoms with Gasteiger partial charge in [0.1, 0.15) is 0 Å². The molecule has 1 aromatic rings. The molecule has 0 radical (unpaired) electrons. The zero-order valence-corrected chi connectivity index (χ0v) is 11.8. The lowest BCUT2D eigenvalue weighted by Crippen LogP contribution is -2.30. The fourth-order valence-electron chi connectivity index (χ4n) is 1.41. The minimum atomic E-state index is -4.48. The molecule has 1 aromatic carbocycles. The summed E-state index contributed by atoms with van der Waals surface area (Å²) in [5.41, 5.74) is -0.939. The SMILES string of the molecule is CCCCNC(=S)Nc1ccc(Cl)cc1C(F)(F)F. The van der Waals surface area contributed by atoms with E-state index in [-0.39, 0.29) is 15.8 Å². The highest BCUT2D eigenvalue weighted by atomic mass is 35.5. The van der Waals surface area contributed by atoms with Crippen molar-refractivity contribution in [2.24, 2.45) is 0 Å². The van der Waals surface area contributed by atoms with Crippen molar-refractivity contribution in [1.82, 2.24) is 5.32 Å². The van der Waals surface area contributed by atoms with Gasteiger partial charge in [0.15, 0.2) is 5.11 Å². The van der Waals surface area contributed by atoms with Crippen LogP contribution in [0.2, 0.25) is 5.02 Å². The number of anilines is 1. The average Bonchev–Trinajstić information content (AvgIpc) is 2.30. The maximum atomic E-state index is 12.8. The first-order valence-corrected chi connectivity index (χ1v) is 6.54. The number of benzene rings is 1.